The van der Waals surface area contributed by atoms with Gasteiger partial charge in [-0.1, -0.05) is 6.92 Å². The summed E-state index contributed by atoms with van der Waals surface area (Å²) in [6.45, 7) is 3.37. The van der Waals surface area contributed by atoms with Crippen molar-refractivity contribution in [3.8, 4) is 0 Å². The van der Waals surface area contributed by atoms with Gasteiger partial charge in [0.1, 0.15) is 4.60 Å². The fourth-order valence-electron chi connectivity index (χ4n) is 1.42. The molecular formula is C9H13BrN2S. The molecule has 0 bridgehead atoms. The first-order chi connectivity index (χ1) is 6.25. The third kappa shape index (κ3) is 2.68. The van der Waals surface area contributed by atoms with E-state index in [4.69, 9.17) is 0 Å². The van der Waals surface area contributed by atoms with E-state index in [9.17, 15) is 0 Å². The van der Waals surface area contributed by atoms with Crippen LogP contribution in [0.2, 0.25) is 0 Å². The molecule has 13 heavy (non-hydrogen) atoms. The van der Waals surface area contributed by atoms with E-state index in [1.807, 2.05) is 5.38 Å². The monoisotopic (exact) mass is 260 g/mol. The number of nitrogens with zero attached hydrogens (tertiary/aromatic N) is 1. The first kappa shape index (κ1) is 9.46. The molecule has 0 aromatic carbocycles. The lowest BCUT2D eigenvalue weighted by Gasteiger charge is -2.09. The molecule has 1 unspecified atom stereocenters. The highest BCUT2D eigenvalue weighted by Gasteiger charge is 2.27. The maximum atomic E-state index is 4.29. The van der Waals surface area contributed by atoms with E-state index in [-0.39, 0.29) is 0 Å². The highest BCUT2D eigenvalue weighted by atomic mass is 79.9. The Hall–Kier alpha value is -0.0900. The van der Waals surface area contributed by atoms with Crippen molar-refractivity contribution in [2.45, 2.75) is 19.8 Å². The van der Waals surface area contributed by atoms with Crippen molar-refractivity contribution in [1.29, 1.82) is 0 Å². The molecule has 1 aliphatic carbocycles. The second kappa shape index (κ2) is 3.96. The maximum Gasteiger partial charge on any atom is 0.183 e. The third-order valence-corrected chi connectivity index (χ3v) is 3.99. The van der Waals surface area contributed by atoms with Crippen LogP contribution < -0.4 is 5.32 Å². The largest absolute Gasteiger partial charge is 0.361 e. The zero-order chi connectivity index (χ0) is 9.26. The predicted molar refractivity (Wildman–Crippen MR) is 60.2 cm³/mol. The topological polar surface area (TPSA) is 24.9 Å². The minimum Gasteiger partial charge on any atom is -0.361 e. The van der Waals surface area contributed by atoms with Crippen molar-refractivity contribution in [1.82, 2.24) is 4.98 Å². The SMILES string of the molecule is CC(CNc1nc(Br)cs1)C1CC1. The maximum absolute atomic E-state index is 4.29. The second-order valence-corrected chi connectivity index (χ2v) is 5.34. The van der Waals surface area contributed by atoms with Crippen molar-refractivity contribution < 1.29 is 0 Å². The Morgan fingerprint density at radius 3 is 3.08 bits per heavy atom. The van der Waals surface area contributed by atoms with Crippen molar-refractivity contribution >= 4 is 32.4 Å². The molecule has 1 saturated carbocycles. The number of thiazole rings is 1. The molecule has 1 aromatic rings. The smallest absolute Gasteiger partial charge is 0.183 e. The summed E-state index contributed by atoms with van der Waals surface area (Å²) >= 11 is 4.99. The summed E-state index contributed by atoms with van der Waals surface area (Å²) in [4.78, 5) is 4.29. The summed E-state index contributed by atoms with van der Waals surface area (Å²) in [5, 5.41) is 6.40. The Morgan fingerprint density at radius 1 is 1.77 bits per heavy atom. The minimum absolute atomic E-state index is 0.794. The van der Waals surface area contributed by atoms with Crippen LogP contribution in [-0.2, 0) is 0 Å². The summed E-state index contributed by atoms with van der Waals surface area (Å²) in [6, 6.07) is 0. The van der Waals surface area contributed by atoms with Gasteiger partial charge >= 0.3 is 0 Å². The molecule has 1 aliphatic rings. The lowest BCUT2D eigenvalue weighted by molar-refractivity contribution is 0.536. The summed E-state index contributed by atoms with van der Waals surface area (Å²) in [5.41, 5.74) is 0. The van der Waals surface area contributed by atoms with E-state index in [0.717, 1.165) is 28.1 Å². The van der Waals surface area contributed by atoms with E-state index in [1.165, 1.54) is 12.8 Å². The lowest BCUT2D eigenvalue weighted by Crippen LogP contribution is -2.12. The molecule has 1 heterocycles. The zero-order valence-electron chi connectivity index (χ0n) is 7.59. The average molecular weight is 261 g/mol. The molecule has 1 fully saturated rings. The number of rotatable bonds is 4. The van der Waals surface area contributed by atoms with Gasteiger partial charge in [-0.25, -0.2) is 4.98 Å². The number of aromatic nitrogens is 1. The highest BCUT2D eigenvalue weighted by molar-refractivity contribution is 9.10. The summed E-state index contributed by atoms with van der Waals surface area (Å²) in [7, 11) is 0. The molecule has 2 rings (SSSR count). The van der Waals surface area contributed by atoms with Gasteiger partial charge in [0.15, 0.2) is 5.13 Å². The summed E-state index contributed by atoms with van der Waals surface area (Å²) in [5.74, 6) is 1.76. The van der Waals surface area contributed by atoms with Crippen LogP contribution in [0, 0.1) is 11.8 Å². The molecule has 2 nitrogen and oxygen atoms in total. The van der Waals surface area contributed by atoms with Crippen LogP contribution in [0.15, 0.2) is 9.98 Å². The molecule has 0 radical (unpaired) electrons. The number of halogens is 1. The first-order valence-electron chi connectivity index (χ1n) is 4.60. The quantitative estimate of drug-likeness (QED) is 0.898. The van der Waals surface area contributed by atoms with Crippen molar-refractivity contribution in [2.24, 2.45) is 11.8 Å². The Labute approximate surface area is 90.9 Å². The fraction of sp³-hybridized carbons (Fsp3) is 0.667. The molecule has 4 heteroatoms. The van der Waals surface area contributed by atoms with Gasteiger partial charge in [-0.05, 0) is 40.6 Å². The number of anilines is 1. The lowest BCUT2D eigenvalue weighted by atomic mass is 10.1. The summed E-state index contributed by atoms with van der Waals surface area (Å²) in [6.07, 6.45) is 2.84. The van der Waals surface area contributed by atoms with E-state index < -0.39 is 0 Å². The fourth-order valence-corrected chi connectivity index (χ4v) is 2.57. The number of hydrogen-bond donors (Lipinski definition) is 1. The minimum atomic E-state index is 0.794. The molecule has 1 aromatic heterocycles. The molecule has 0 spiro atoms. The van der Waals surface area contributed by atoms with E-state index in [0.29, 0.717) is 0 Å². The number of hydrogen-bond acceptors (Lipinski definition) is 3. The Balaban J connectivity index is 1.78. The van der Waals surface area contributed by atoms with Crippen molar-refractivity contribution in [2.75, 3.05) is 11.9 Å². The van der Waals surface area contributed by atoms with E-state index >= 15 is 0 Å². The van der Waals surface area contributed by atoms with Gasteiger partial charge in [-0.2, -0.15) is 0 Å². The Morgan fingerprint density at radius 2 is 2.54 bits per heavy atom. The Bertz CT molecular complexity index is 283. The Kier molecular flexibility index (Phi) is 2.89. The first-order valence-corrected chi connectivity index (χ1v) is 6.28. The van der Waals surface area contributed by atoms with Crippen LogP contribution in [0.1, 0.15) is 19.8 Å². The van der Waals surface area contributed by atoms with Crippen LogP contribution in [-0.4, -0.2) is 11.5 Å². The summed E-state index contributed by atoms with van der Waals surface area (Å²) < 4.78 is 0.930. The molecular weight excluding hydrogens is 248 g/mol. The van der Waals surface area contributed by atoms with Crippen molar-refractivity contribution in [3.05, 3.63) is 9.98 Å². The van der Waals surface area contributed by atoms with Gasteiger partial charge in [0, 0.05) is 11.9 Å². The molecule has 72 valence electrons. The van der Waals surface area contributed by atoms with Gasteiger partial charge in [-0.15, -0.1) is 11.3 Å². The molecule has 1 N–H and O–H groups in total. The van der Waals surface area contributed by atoms with Gasteiger partial charge in [0.05, 0.1) is 0 Å². The molecule has 0 aliphatic heterocycles. The third-order valence-electron chi connectivity index (χ3n) is 2.48. The van der Waals surface area contributed by atoms with Gasteiger partial charge in [0.25, 0.3) is 0 Å². The van der Waals surface area contributed by atoms with E-state index in [1.54, 1.807) is 11.3 Å². The molecule has 0 amide bonds. The second-order valence-electron chi connectivity index (χ2n) is 3.67. The zero-order valence-corrected chi connectivity index (χ0v) is 9.99. The van der Waals surface area contributed by atoms with Gasteiger partial charge in [0.2, 0.25) is 0 Å². The van der Waals surface area contributed by atoms with Crippen LogP contribution in [0.5, 0.6) is 0 Å². The van der Waals surface area contributed by atoms with Crippen molar-refractivity contribution in [3.63, 3.8) is 0 Å². The predicted octanol–water partition coefficient (Wildman–Crippen LogP) is 3.36. The standard InChI is InChI=1S/C9H13BrN2S/c1-6(7-2-3-7)4-11-9-12-8(10)5-13-9/h5-7H,2-4H2,1H3,(H,11,12). The van der Waals surface area contributed by atoms with Crippen LogP contribution in [0.4, 0.5) is 5.13 Å². The van der Waals surface area contributed by atoms with E-state index in [2.05, 4.69) is 33.2 Å². The average Bonchev–Trinajstić information content (AvgIpc) is 2.87. The normalized spacial score (nSPS) is 18.6. The molecule has 1 atom stereocenters. The highest BCUT2D eigenvalue weighted by Crippen LogP contribution is 2.36. The van der Waals surface area contributed by atoms with Crippen LogP contribution in [0.25, 0.3) is 0 Å². The van der Waals surface area contributed by atoms with Crippen LogP contribution in [0.3, 0.4) is 0 Å². The van der Waals surface area contributed by atoms with Gasteiger partial charge in [-0.3, -0.25) is 0 Å². The van der Waals surface area contributed by atoms with Gasteiger partial charge < -0.3 is 5.32 Å². The molecule has 0 saturated heterocycles. The number of nitrogens with one attached hydrogen (secondary N) is 1. The van der Waals surface area contributed by atoms with Crippen LogP contribution >= 0.6 is 27.3 Å².